The molecule has 98 valence electrons. The molecule has 0 radical (unpaired) electrons. The van der Waals surface area contributed by atoms with Gasteiger partial charge in [-0.05, 0) is 18.9 Å². The number of hydrogen-bond donors (Lipinski definition) is 1. The number of nitrogens with zero attached hydrogens (tertiary/aromatic N) is 2. The Bertz CT molecular complexity index is 617. The van der Waals surface area contributed by atoms with Crippen LogP contribution in [0.1, 0.15) is 42.3 Å². The van der Waals surface area contributed by atoms with E-state index in [4.69, 9.17) is 9.97 Å². The van der Waals surface area contributed by atoms with E-state index < -0.39 is 0 Å². The van der Waals surface area contributed by atoms with Crippen molar-refractivity contribution in [3.05, 3.63) is 46.8 Å². The van der Waals surface area contributed by atoms with Crippen molar-refractivity contribution in [2.24, 2.45) is 0 Å². The van der Waals surface area contributed by atoms with E-state index in [0.29, 0.717) is 5.92 Å². The molecule has 2 heterocycles. The summed E-state index contributed by atoms with van der Waals surface area (Å²) in [5.74, 6) is 1.29. The van der Waals surface area contributed by atoms with Crippen LogP contribution in [-0.2, 0) is 13.1 Å². The minimum atomic E-state index is 0.431. The lowest BCUT2D eigenvalue weighted by Crippen LogP contribution is -2.05. The van der Waals surface area contributed by atoms with Crippen LogP contribution in [0.5, 0.6) is 0 Å². The number of rotatable bonds is 2. The standard InChI is InChI=1S/C16H19N3/c1-10(2)15-13-8-17-9-14(13)18-16(19-15)12-6-4-5-11(3)7-12/h4-7,10,17H,8-9H2,1-3H3. The molecular weight excluding hydrogens is 234 g/mol. The Morgan fingerprint density at radius 3 is 2.74 bits per heavy atom. The maximum Gasteiger partial charge on any atom is 0.159 e. The average Bonchev–Trinajstić information content (AvgIpc) is 2.85. The van der Waals surface area contributed by atoms with Gasteiger partial charge in [0, 0.05) is 24.2 Å². The summed E-state index contributed by atoms with van der Waals surface area (Å²) in [4.78, 5) is 9.54. The Hall–Kier alpha value is -1.74. The summed E-state index contributed by atoms with van der Waals surface area (Å²) in [5.41, 5.74) is 6.00. The predicted molar refractivity (Wildman–Crippen MR) is 76.8 cm³/mol. The summed E-state index contributed by atoms with van der Waals surface area (Å²) in [6.07, 6.45) is 0. The van der Waals surface area contributed by atoms with Crippen LogP contribution in [0.3, 0.4) is 0 Å². The first-order valence-corrected chi connectivity index (χ1v) is 6.82. The average molecular weight is 253 g/mol. The van der Waals surface area contributed by atoms with Gasteiger partial charge in [0.1, 0.15) is 0 Å². The zero-order valence-corrected chi connectivity index (χ0v) is 11.7. The number of hydrogen-bond acceptors (Lipinski definition) is 3. The normalized spacial score (nSPS) is 13.9. The molecule has 3 nitrogen and oxygen atoms in total. The van der Waals surface area contributed by atoms with Gasteiger partial charge in [-0.25, -0.2) is 9.97 Å². The molecule has 0 bridgehead atoms. The summed E-state index contributed by atoms with van der Waals surface area (Å²) in [6.45, 7) is 8.25. The molecule has 1 aliphatic heterocycles. The summed E-state index contributed by atoms with van der Waals surface area (Å²) >= 11 is 0. The highest BCUT2D eigenvalue weighted by Gasteiger charge is 2.20. The van der Waals surface area contributed by atoms with Crippen LogP contribution in [0.4, 0.5) is 0 Å². The lowest BCUT2D eigenvalue weighted by molar-refractivity contribution is 0.746. The molecule has 0 amide bonds. The van der Waals surface area contributed by atoms with E-state index in [1.165, 1.54) is 16.8 Å². The minimum Gasteiger partial charge on any atom is -0.307 e. The second-order valence-electron chi connectivity index (χ2n) is 5.49. The lowest BCUT2D eigenvalue weighted by atomic mass is 10.0. The van der Waals surface area contributed by atoms with Gasteiger partial charge in [-0.15, -0.1) is 0 Å². The lowest BCUT2D eigenvalue weighted by Gasteiger charge is -2.12. The van der Waals surface area contributed by atoms with Crippen molar-refractivity contribution in [1.82, 2.24) is 15.3 Å². The molecule has 3 rings (SSSR count). The van der Waals surface area contributed by atoms with Crippen LogP contribution in [0, 0.1) is 6.92 Å². The molecule has 2 aromatic rings. The molecule has 0 aliphatic carbocycles. The van der Waals surface area contributed by atoms with E-state index in [0.717, 1.165) is 30.2 Å². The first kappa shape index (κ1) is 12.3. The van der Waals surface area contributed by atoms with Gasteiger partial charge < -0.3 is 5.32 Å². The van der Waals surface area contributed by atoms with E-state index in [-0.39, 0.29) is 0 Å². The van der Waals surface area contributed by atoms with Crippen LogP contribution in [0.2, 0.25) is 0 Å². The third kappa shape index (κ3) is 2.26. The van der Waals surface area contributed by atoms with Gasteiger partial charge in [0.15, 0.2) is 5.82 Å². The summed E-state index contributed by atoms with van der Waals surface area (Å²) in [6, 6.07) is 8.39. The zero-order chi connectivity index (χ0) is 13.4. The molecule has 1 aliphatic rings. The highest BCUT2D eigenvalue weighted by Crippen LogP contribution is 2.27. The molecule has 3 heteroatoms. The molecule has 0 spiro atoms. The quantitative estimate of drug-likeness (QED) is 0.893. The smallest absolute Gasteiger partial charge is 0.159 e. The molecule has 0 fully saturated rings. The highest BCUT2D eigenvalue weighted by atomic mass is 15.0. The van der Waals surface area contributed by atoms with Crippen LogP contribution in [-0.4, -0.2) is 9.97 Å². The molecule has 1 aromatic heterocycles. The first-order chi connectivity index (χ1) is 9.15. The van der Waals surface area contributed by atoms with E-state index in [2.05, 4.69) is 50.4 Å². The van der Waals surface area contributed by atoms with Gasteiger partial charge >= 0.3 is 0 Å². The van der Waals surface area contributed by atoms with E-state index in [1.807, 2.05) is 0 Å². The molecule has 0 atom stereocenters. The Morgan fingerprint density at radius 1 is 1.16 bits per heavy atom. The molecule has 1 aromatic carbocycles. The van der Waals surface area contributed by atoms with Crippen LogP contribution in [0.15, 0.2) is 24.3 Å². The van der Waals surface area contributed by atoms with E-state index >= 15 is 0 Å². The van der Waals surface area contributed by atoms with E-state index in [9.17, 15) is 0 Å². The van der Waals surface area contributed by atoms with Gasteiger partial charge in [-0.2, -0.15) is 0 Å². The van der Waals surface area contributed by atoms with Gasteiger partial charge in [-0.3, -0.25) is 0 Å². The van der Waals surface area contributed by atoms with Crippen molar-refractivity contribution in [2.45, 2.75) is 39.8 Å². The van der Waals surface area contributed by atoms with Gasteiger partial charge in [-0.1, -0.05) is 37.6 Å². The Balaban J connectivity index is 2.15. The second kappa shape index (κ2) is 4.74. The van der Waals surface area contributed by atoms with Crippen molar-refractivity contribution in [3.8, 4) is 11.4 Å². The predicted octanol–water partition coefficient (Wildman–Crippen LogP) is 3.18. The van der Waals surface area contributed by atoms with Crippen LogP contribution < -0.4 is 5.32 Å². The molecule has 0 unspecified atom stereocenters. The third-order valence-electron chi connectivity index (χ3n) is 3.54. The number of nitrogens with one attached hydrogen (secondary N) is 1. The second-order valence-corrected chi connectivity index (χ2v) is 5.49. The molecule has 0 saturated heterocycles. The number of aryl methyl sites for hydroxylation is 1. The third-order valence-corrected chi connectivity index (χ3v) is 3.54. The SMILES string of the molecule is Cc1cccc(-c2nc3c(c(C(C)C)n2)CNC3)c1. The molecule has 0 saturated carbocycles. The van der Waals surface area contributed by atoms with Crippen molar-refractivity contribution in [1.29, 1.82) is 0 Å². The Kier molecular flexibility index (Phi) is 3.07. The molecular formula is C16H19N3. The summed E-state index contributed by atoms with van der Waals surface area (Å²) in [5, 5.41) is 3.37. The Labute approximate surface area is 114 Å². The van der Waals surface area contributed by atoms with Gasteiger partial charge in [0.05, 0.1) is 11.4 Å². The largest absolute Gasteiger partial charge is 0.307 e. The fraction of sp³-hybridized carbons (Fsp3) is 0.375. The van der Waals surface area contributed by atoms with Crippen molar-refractivity contribution in [3.63, 3.8) is 0 Å². The maximum atomic E-state index is 4.80. The maximum absolute atomic E-state index is 4.80. The van der Waals surface area contributed by atoms with Crippen LogP contribution >= 0.6 is 0 Å². The van der Waals surface area contributed by atoms with Crippen molar-refractivity contribution >= 4 is 0 Å². The fourth-order valence-corrected chi connectivity index (χ4v) is 2.59. The van der Waals surface area contributed by atoms with Gasteiger partial charge in [0.25, 0.3) is 0 Å². The topological polar surface area (TPSA) is 37.8 Å². The monoisotopic (exact) mass is 253 g/mol. The zero-order valence-electron chi connectivity index (χ0n) is 11.7. The molecule has 1 N–H and O–H groups in total. The molecule has 19 heavy (non-hydrogen) atoms. The van der Waals surface area contributed by atoms with Crippen molar-refractivity contribution < 1.29 is 0 Å². The minimum absolute atomic E-state index is 0.431. The Morgan fingerprint density at radius 2 is 2.00 bits per heavy atom. The highest BCUT2D eigenvalue weighted by molar-refractivity contribution is 5.57. The first-order valence-electron chi connectivity index (χ1n) is 6.82. The number of benzene rings is 1. The van der Waals surface area contributed by atoms with Crippen molar-refractivity contribution in [2.75, 3.05) is 0 Å². The van der Waals surface area contributed by atoms with Gasteiger partial charge in [0.2, 0.25) is 0 Å². The van der Waals surface area contributed by atoms with Crippen LogP contribution in [0.25, 0.3) is 11.4 Å². The summed E-state index contributed by atoms with van der Waals surface area (Å²) in [7, 11) is 0. The van der Waals surface area contributed by atoms with E-state index in [1.54, 1.807) is 0 Å². The fourth-order valence-electron chi connectivity index (χ4n) is 2.59. The number of aromatic nitrogens is 2. The summed E-state index contributed by atoms with van der Waals surface area (Å²) < 4.78 is 0. The number of fused-ring (bicyclic) bond motifs is 1.